The van der Waals surface area contributed by atoms with Gasteiger partial charge in [0.1, 0.15) is 0 Å². The molecule has 0 aliphatic carbocycles. The zero-order chi connectivity index (χ0) is 15.0. The van der Waals surface area contributed by atoms with Gasteiger partial charge in [-0.2, -0.15) is 0 Å². The average Bonchev–Trinajstić information content (AvgIpc) is 2.63. The summed E-state index contributed by atoms with van der Waals surface area (Å²) in [6, 6.07) is 0. The first-order valence-corrected chi connectivity index (χ1v) is 8.12. The second-order valence-corrected chi connectivity index (χ2v) is 7.24. The van der Waals surface area contributed by atoms with Crippen molar-refractivity contribution in [2.75, 3.05) is 32.7 Å². The first-order valence-electron chi connectivity index (χ1n) is 8.12. The quantitative estimate of drug-likeness (QED) is 0.784. The molecule has 0 saturated carbocycles. The van der Waals surface area contributed by atoms with Gasteiger partial charge in [-0.25, -0.2) is 0 Å². The smallest absolute Gasteiger partial charge is 0.224 e. The van der Waals surface area contributed by atoms with Gasteiger partial charge in [-0.15, -0.1) is 0 Å². The fourth-order valence-electron chi connectivity index (χ4n) is 2.86. The Morgan fingerprint density at radius 3 is 2.30 bits per heavy atom. The van der Waals surface area contributed by atoms with Crippen molar-refractivity contribution in [1.82, 2.24) is 10.2 Å². The van der Waals surface area contributed by atoms with Crippen molar-refractivity contribution in [1.29, 1.82) is 0 Å². The number of likely N-dealkylation sites (tertiary alicyclic amines) is 1. The van der Waals surface area contributed by atoms with Crippen LogP contribution in [0.15, 0.2) is 0 Å². The van der Waals surface area contributed by atoms with E-state index < -0.39 is 0 Å². The highest BCUT2D eigenvalue weighted by atomic mass is 16.1. The molecule has 0 aromatic carbocycles. The summed E-state index contributed by atoms with van der Waals surface area (Å²) in [5, 5.41) is 3.06. The van der Waals surface area contributed by atoms with Crippen LogP contribution in [0, 0.1) is 11.3 Å². The molecule has 1 unspecified atom stereocenters. The standard InChI is InChI=1S/C16H33N3O/c1-16(2,3)12-14(13-17)15(20)18-8-11-19-9-6-4-5-7-10-19/h14H,4-13,17H2,1-3H3,(H,18,20). The molecular weight excluding hydrogens is 250 g/mol. The van der Waals surface area contributed by atoms with Crippen molar-refractivity contribution in [3.05, 3.63) is 0 Å². The van der Waals surface area contributed by atoms with Gasteiger partial charge in [0, 0.05) is 19.6 Å². The third kappa shape index (κ3) is 7.25. The molecule has 0 aromatic rings. The fourth-order valence-corrected chi connectivity index (χ4v) is 2.86. The number of rotatable bonds is 6. The number of hydrogen-bond acceptors (Lipinski definition) is 3. The molecule has 3 N–H and O–H groups in total. The van der Waals surface area contributed by atoms with Crippen LogP contribution in [-0.2, 0) is 4.79 Å². The maximum Gasteiger partial charge on any atom is 0.224 e. The number of nitrogens with two attached hydrogens (primary N) is 1. The molecule has 1 aliphatic rings. The molecular formula is C16H33N3O. The van der Waals surface area contributed by atoms with Crippen LogP contribution in [-0.4, -0.2) is 43.5 Å². The highest BCUT2D eigenvalue weighted by molar-refractivity contribution is 5.78. The Morgan fingerprint density at radius 1 is 1.20 bits per heavy atom. The van der Waals surface area contributed by atoms with Crippen molar-refractivity contribution < 1.29 is 4.79 Å². The summed E-state index contributed by atoms with van der Waals surface area (Å²) in [6.45, 7) is 11.0. The summed E-state index contributed by atoms with van der Waals surface area (Å²) in [5.41, 5.74) is 5.89. The number of amides is 1. The Bertz CT molecular complexity index is 278. The molecule has 4 nitrogen and oxygen atoms in total. The van der Waals surface area contributed by atoms with E-state index in [4.69, 9.17) is 5.73 Å². The summed E-state index contributed by atoms with van der Waals surface area (Å²) in [5.74, 6) is 0.0661. The second kappa shape index (κ2) is 8.63. The predicted molar refractivity (Wildman–Crippen MR) is 84.5 cm³/mol. The fraction of sp³-hybridized carbons (Fsp3) is 0.938. The topological polar surface area (TPSA) is 58.4 Å². The van der Waals surface area contributed by atoms with Crippen molar-refractivity contribution in [2.45, 2.75) is 52.9 Å². The van der Waals surface area contributed by atoms with Crippen LogP contribution in [0.25, 0.3) is 0 Å². The first-order chi connectivity index (χ1) is 9.42. The normalized spacial score (nSPS) is 19.4. The van der Waals surface area contributed by atoms with Gasteiger partial charge in [-0.1, -0.05) is 33.6 Å². The number of carbonyl (C=O) groups excluding carboxylic acids is 1. The van der Waals surface area contributed by atoms with Crippen molar-refractivity contribution in [3.8, 4) is 0 Å². The van der Waals surface area contributed by atoms with Gasteiger partial charge >= 0.3 is 0 Å². The molecule has 1 saturated heterocycles. The lowest BCUT2D eigenvalue weighted by Gasteiger charge is -2.25. The summed E-state index contributed by atoms with van der Waals surface area (Å²) in [4.78, 5) is 14.6. The molecule has 1 atom stereocenters. The third-order valence-electron chi connectivity index (χ3n) is 3.94. The molecule has 1 heterocycles. The molecule has 1 rings (SSSR count). The number of nitrogens with zero attached hydrogens (tertiary/aromatic N) is 1. The minimum Gasteiger partial charge on any atom is -0.355 e. The molecule has 118 valence electrons. The van der Waals surface area contributed by atoms with E-state index in [1.165, 1.54) is 38.8 Å². The van der Waals surface area contributed by atoms with Crippen LogP contribution in [0.1, 0.15) is 52.9 Å². The zero-order valence-electron chi connectivity index (χ0n) is 13.6. The van der Waals surface area contributed by atoms with Crippen LogP contribution in [0.3, 0.4) is 0 Å². The maximum atomic E-state index is 12.2. The average molecular weight is 283 g/mol. The number of hydrogen-bond donors (Lipinski definition) is 2. The molecule has 1 aliphatic heterocycles. The van der Waals surface area contributed by atoms with Crippen LogP contribution >= 0.6 is 0 Å². The van der Waals surface area contributed by atoms with E-state index in [0.717, 1.165) is 19.5 Å². The van der Waals surface area contributed by atoms with Gasteiger partial charge in [-0.05, 0) is 37.8 Å². The molecule has 1 amide bonds. The Balaban J connectivity index is 2.26. The number of carbonyl (C=O) groups is 1. The summed E-state index contributed by atoms with van der Waals surface area (Å²) < 4.78 is 0. The Labute approximate surface area is 124 Å². The summed E-state index contributed by atoms with van der Waals surface area (Å²) in [7, 11) is 0. The van der Waals surface area contributed by atoms with E-state index in [-0.39, 0.29) is 17.2 Å². The van der Waals surface area contributed by atoms with E-state index in [1.807, 2.05) is 0 Å². The zero-order valence-corrected chi connectivity index (χ0v) is 13.6. The lowest BCUT2D eigenvalue weighted by Crippen LogP contribution is -2.41. The largest absolute Gasteiger partial charge is 0.355 e. The predicted octanol–water partition coefficient (Wildman–Crippen LogP) is 1.99. The van der Waals surface area contributed by atoms with Crippen LogP contribution in [0.5, 0.6) is 0 Å². The summed E-state index contributed by atoms with van der Waals surface area (Å²) >= 11 is 0. The third-order valence-corrected chi connectivity index (χ3v) is 3.94. The molecule has 0 aromatic heterocycles. The van der Waals surface area contributed by atoms with Gasteiger partial charge in [-0.3, -0.25) is 4.79 Å². The van der Waals surface area contributed by atoms with Crippen LogP contribution in [0.4, 0.5) is 0 Å². The van der Waals surface area contributed by atoms with Crippen LogP contribution in [0.2, 0.25) is 0 Å². The van der Waals surface area contributed by atoms with Gasteiger partial charge in [0.25, 0.3) is 0 Å². The molecule has 1 fully saturated rings. The molecule has 20 heavy (non-hydrogen) atoms. The Morgan fingerprint density at radius 2 is 1.80 bits per heavy atom. The van der Waals surface area contributed by atoms with E-state index in [9.17, 15) is 4.79 Å². The maximum absolute atomic E-state index is 12.2. The van der Waals surface area contributed by atoms with Crippen molar-refractivity contribution in [3.63, 3.8) is 0 Å². The highest BCUT2D eigenvalue weighted by Gasteiger charge is 2.23. The van der Waals surface area contributed by atoms with Gasteiger partial charge < -0.3 is 16.0 Å². The second-order valence-electron chi connectivity index (χ2n) is 7.24. The minimum atomic E-state index is -0.0564. The van der Waals surface area contributed by atoms with Gasteiger partial charge in [0.05, 0.1) is 5.92 Å². The van der Waals surface area contributed by atoms with Crippen molar-refractivity contribution in [2.24, 2.45) is 17.1 Å². The van der Waals surface area contributed by atoms with E-state index >= 15 is 0 Å². The molecule has 0 spiro atoms. The molecule has 0 radical (unpaired) electrons. The lowest BCUT2D eigenvalue weighted by molar-refractivity contribution is -0.125. The van der Waals surface area contributed by atoms with Crippen LogP contribution < -0.4 is 11.1 Å². The number of nitrogens with one attached hydrogen (secondary N) is 1. The lowest BCUT2D eigenvalue weighted by atomic mass is 9.84. The Kier molecular flexibility index (Phi) is 7.52. The SMILES string of the molecule is CC(C)(C)CC(CN)C(=O)NCCN1CCCCCC1. The van der Waals surface area contributed by atoms with Gasteiger partial charge in [0.15, 0.2) is 0 Å². The van der Waals surface area contributed by atoms with E-state index in [1.54, 1.807) is 0 Å². The first kappa shape index (κ1) is 17.4. The molecule has 0 bridgehead atoms. The van der Waals surface area contributed by atoms with E-state index in [0.29, 0.717) is 6.54 Å². The monoisotopic (exact) mass is 283 g/mol. The molecule has 4 heteroatoms. The Hall–Kier alpha value is -0.610. The summed E-state index contributed by atoms with van der Waals surface area (Å²) in [6.07, 6.45) is 6.14. The van der Waals surface area contributed by atoms with Gasteiger partial charge in [0.2, 0.25) is 5.91 Å². The highest BCUT2D eigenvalue weighted by Crippen LogP contribution is 2.23. The minimum absolute atomic E-state index is 0.0564. The van der Waals surface area contributed by atoms with E-state index in [2.05, 4.69) is 31.0 Å². The van der Waals surface area contributed by atoms with Crippen molar-refractivity contribution >= 4 is 5.91 Å².